The maximum absolute atomic E-state index is 13.6. The topological polar surface area (TPSA) is 127 Å². The number of rotatable bonds is 2. The first kappa shape index (κ1) is 34.1. The summed E-state index contributed by atoms with van der Waals surface area (Å²) in [6, 6.07) is 11.1. The number of hydrogen-bond donors (Lipinski definition) is 2. The SMILES string of the molecule is CNC1CN(C(=O)O[C@H]2/C=C\COC(C)(C)C(=O)NS(=O)(=O)c3ccc4c(c3)N(C[C@@H]3CC[C@H]32)C[C@@]2(CCCc3cc(Cl)ccc32)CO4)C1. The zero-order valence-electron chi connectivity index (χ0n) is 28.2. The number of amides is 2. The van der Waals surface area contributed by atoms with Crippen molar-refractivity contribution in [2.45, 2.75) is 74.0 Å². The molecule has 264 valence electrons. The molecule has 11 nitrogen and oxygen atoms in total. The average molecular weight is 713 g/mol. The van der Waals surface area contributed by atoms with Gasteiger partial charge in [0.1, 0.15) is 17.5 Å². The molecule has 1 spiro atoms. The Balaban J connectivity index is 1.27. The maximum Gasteiger partial charge on any atom is 0.410 e. The van der Waals surface area contributed by atoms with Crippen LogP contribution < -0.4 is 19.7 Å². The number of halogens is 1. The molecule has 3 heterocycles. The molecule has 13 heteroatoms. The summed E-state index contributed by atoms with van der Waals surface area (Å²) in [6.45, 7) is 5.92. The van der Waals surface area contributed by atoms with Gasteiger partial charge in [0.05, 0.1) is 23.8 Å². The lowest BCUT2D eigenvalue weighted by Crippen LogP contribution is -2.59. The molecule has 4 atom stereocenters. The summed E-state index contributed by atoms with van der Waals surface area (Å²) in [7, 11) is -2.35. The van der Waals surface area contributed by atoms with E-state index in [0.29, 0.717) is 49.2 Å². The van der Waals surface area contributed by atoms with Crippen LogP contribution in [0.2, 0.25) is 5.02 Å². The van der Waals surface area contributed by atoms with Gasteiger partial charge in [0, 0.05) is 48.6 Å². The molecule has 49 heavy (non-hydrogen) atoms. The minimum atomic E-state index is -4.23. The first-order valence-electron chi connectivity index (χ1n) is 17.2. The molecule has 2 amide bonds. The number of anilines is 1. The average Bonchev–Trinajstić information content (AvgIpc) is 3.17. The maximum atomic E-state index is 13.6. The number of hydrogen-bond acceptors (Lipinski definition) is 9. The lowest BCUT2D eigenvalue weighted by molar-refractivity contribution is -0.139. The fourth-order valence-corrected chi connectivity index (χ4v) is 9.20. The molecule has 2 aliphatic carbocycles. The van der Waals surface area contributed by atoms with Crippen LogP contribution in [0.5, 0.6) is 5.75 Å². The van der Waals surface area contributed by atoms with Gasteiger partial charge in [-0.3, -0.25) is 4.79 Å². The van der Waals surface area contributed by atoms with Crippen molar-refractivity contribution in [2.24, 2.45) is 11.8 Å². The quantitative estimate of drug-likeness (QED) is 0.436. The van der Waals surface area contributed by atoms with E-state index in [9.17, 15) is 18.0 Å². The number of carbonyl (C=O) groups excluding carboxylic acids is 2. The molecule has 2 aromatic rings. The first-order valence-corrected chi connectivity index (χ1v) is 19.0. The fourth-order valence-electron chi connectivity index (χ4n) is 7.88. The van der Waals surface area contributed by atoms with E-state index in [4.69, 9.17) is 25.8 Å². The minimum absolute atomic E-state index is 0.0332. The Morgan fingerprint density at radius 2 is 1.94 bits per heavy atom. The van der Waals surface area contributed by atoms with E-state index < -0.39 is 27.6 Å². The summed E-state index contributed by atoms with van der Waals surface area (Å²) in [4.78, 5) is 30.4. The van der Waals surface area contributed by atoms with Gasteiger partial charge in [-0.25, -0.2) is 17.9 Å². The molecule has 2 N–H and O–H groups in total. The van der Waals surface area contributed by atoms with Crippen molar-refractivity contribution in [1.82, 2.24) is 14.9 Å². The largest absolute Gasteiger partial charge is 0.490 e. The fraction of sp³-hybridized carbons (Fsp3) is 0.556. The number of carbonyl (C=O) groups is 2. The zero-order valence-corrected chi connectivity index (χ0v) is 29.8. The predicted molar refractivity (Wildman–Crippen MR) is 186 cm³/mol. The van der Waals surface area contributed by atoms with Crippen LogP contribution in [-0.4, -0.2) is 89.5 Å². The van der Waals surface area contributed by atoms with Gasteiger partial charge in [0.2, 0.25) is 0 Å². The molecule has 0 radical (unpaired) electrons. The van der Waals surface area contributed by atoms with Crippen molar-refractivity contribution in [2.75, 3.05) is 51.3 Å². The zero-order chi connectivity index (χ0) is 34.6. The Hall–Kier alpha value is -3.32. The van der Waals surface area contributed by atoms with Crippen LogP contribution in [0.4, 0.5) is 10.5 Å². The van der Waals surface area contributed by atoms with Gasteiger partial charge in [0.25, 0.3) is 15.9 Å². The molecule has 3 aliphatic heterocycles. The first-order chi connectivity index (χ1) is 23.4. The number of aryl methyl sites for hydroxylation is 1. The van der Waals surface area contributed by atoms with Crippen molar-refractivity contribution in [3.8, 4) is 5.75 Å². The third-order valence-electron chi connectivity index (χ3n) is 11.1. The highest BCUT2D eigenvalue weighted by molar-refractivity contribution is 7.90. The summed E-state index contributed by atoms with van der Waals surface area (Å²) in [6.07, 6.45) is 7.41. The Morgan fingerprint density at radius 3 is 2.69 bits per heavy atom. The number of likely N-dealkylation sites (N-methyl/N-ethyl adjacent to an activating group) is 1. The molecular formula is C36H45ClN4O7S. The van der Waals surface area contributed by atoms with E-state index in [1.807, 2.05) is 25.3 Å². The number of nitrogens with zero attached hydrogens (tertiary/aromatic N) is 2. The number of likely N-dealkylation sites (tertiary alicyclic amines) is 1. The summed E-state index contributed by atoms with van der Waals surface area (Å²) in [5, 5.41) is 3.89. The second kappa shape index (κ2) is 13.1. The van der Waals surface area contributed by atoms with Crippen LogP contribution in [0.1, 0.15) is 50.7 Å². The van der Waals surface area contributed by atoms with E-state index in [0.717, 1.165) is 32.1 Å². The van der Waals surface area contributed by atoms with Gasteiger partial charge in [-0.2, -0.15) is 0 Å². The number of fused-ring (bicyclic) bond motifs is 4. The second-order valence-corrected chi connectivity index (χ2v) is 16.8. The van der Waals surface area contributed by atoms with Crippen LogP contribution in [0.25, 0.3) is 0 Å². The lowest BCUT2D eigenvalue weighted by atomic mass is 9.68. The molecule has 2 aromatic carbocycles. The molecule has 0 unspecified atom stereocenters. The Labute approximate surface area is 293 Å². The number of benzene rings is 2. The Bertz CT molecular complexity index is 1760. The Kier molecular flexibility index (Phi) is 9.13. The Morgan fingerprint density at radius 1 is 1.12 bits per heavy atom. The highest BCUT2D eigenvalue weighted by Gasteiger charge is 2.46. The molecule has 7 rings (SSSR count). The summed E-state index contributed by atoms with van der Waals surface area (Å²) < 4.78 is 48.1. The summed E-state index contributed by atoms with van der Waals surface area (Å²) >= 11 is 6.43. The molecular weight excluding hydrogens is 668 g/mol. The van der Waals surface area contributed by atoms with Crippen LogP contribution in [0.3, 0.4) is 0 Å². The second-order valence-electron chi connectivity index (χ2n) is 14.7. The summed E-state index contributed by atoms with van der Waals surface area (Å²) in [5.74, 6) is -0.000793. The molecule has 0 aromatic heterocycles. The van der Waals surface area contributed by atoms with Gasteiger partial charge < -0.3 is 29.3 Å². The van der Waals surface area contributed by atoms with E-state index >= 15 is 0 Å². The van der Waals surface area contributed by atoms with E-state index in [1.54, 1.807) is 23.1 Å². The van der Waals surface area contributed by atoms with Crippen LogP contribution in [-0.2, 0) is 36.1 Å². The van der Waals surface area contributed by atoms with Gasteiger partial charge in [-0.05, 0) is 106 Å². The van der Waals surface area contributed by atoms with E-state index in [1.165, 1.54) is 31.0 Å². The number of ether oxygens (including phenoxy) is 3. The van der Waals surface area contributed by atoms with E-state index in [2.05, 4.69) is 21.0 Å². The molecule has 2 fully saturated rings. The third kappa shape index (κ3) is 6.64. The highest BCUT2D eigenvalue weighted by atomic mass is 35.5. The van der Waals surface area contributed by atoms with Crippen molar-refractivity contribution in [3.63, 3.8) is 0 Å². The van der Waals surface area contributed by atoms with Crippen LogP contribution in [0, 0.1) is 11.8 Å². The van der Waals surface area contributed by atoms with Crippen molar-refractivity contribution in [1.29, 1.82) is 0 Å². The summed E-state index contributed by atoms with van der Waals surface area (Å²) in [5.41, 5.74) is 1.27. The highest BCUT2D eigenvalue weighted by Crippen LogP contribution is 2.47. The standard InChI is InChI=1S/C36H45ClN4O7S/c1-35(2)33(42)39-49(44,45)27-10-13-32-30(17-27)41(21-36(22-46-32)14-4-6-23-16-25(37)9-12-29(23)36)18-24-8-11-28(24)31(7-5-15-47-35)48-34(43)40-19-26(20-40)38-3/h5,7,9-10,12-13,16-17,24,26,28,31,38H,4,6,8,11,14-15,18-22H2,1-3H3,(H,39,42)/b7-5-/t24-,28+,31-,36-/m0/s1. The van der Waals surface area contributed by atoms with E-state index in [-0.39, 0.29) is 40.9 Å². The van der Waals surface area contributed by atoms with Gasteiger partial charge >= 0.3 is 6.09 Å². The van der Waals surface area contributed by atoms with Gasteiger partial charge in [-0.1, -0.05) is 23.7 Å². The van der Waals surface area contributed by atoms with Crippen LogP contribution in [0.15, 0.2) is 53.4 Å². The molecule has 1 saturated heterocycles. The van der Waals surface area contributed by atoms with Crippen molar-refractivity contribution < 1.29 is 32.2 Å². The molecule has 2 bridgehead atoms. The van der Waals surface area contributed by atoms with Gasteiger partial charge in [-0.15, -0.1) is 0 Å². The number of sulfonamides is 1. The van der Waals surface area contributed by atoms with Crippen LogP contribution >= 0.6 is 11.6 Å². The van der Waals surface area contributed by atoms with Gasteiger partial charge in [0.15, 0.2) is 0 Å². The third-order valence-corrected chi connectivity index (χ3v) is 12.7. The predicted octanol–water partition coefficient (Wildman–Crippen LogP) is 4.42. The smallest absolute Gasteiger partial charge is 0.410 e. The minimum Gasteiger partial charge on any atom is -0.490 e. The van der Waals surface area contributed by atoms with Crippen molar-refractivity contribution in [3.05, 3.63) is 64.7 Å². The van der Waals surface area contributed by atoms with Crippen molar-refractivity contribution >= 4 is 39.3 Å². The lowest BCUT2D eigenvalue weighted by Gasteiger charge is -2.46. The normalized spacial score (nSPS) is 30.0. The monoisotopic (exact) mass is 712 g/mol. The molecule has 5 aliphatic rings. The molecule has 1 saturated carbocycles. The number of nitrogens with one attached hydrogen (secondary N) is 2.